The normalized spacial score (nSPS) is 14.8. The molecule has 0 bridgehead atoms. The maximum atomic E-state index is 6.04. The molecule has 0 aromatic carbocycles. The van der Waals surface area contributed by atoms with Gasteiger partial charge in [0.1, 0.15) is 0 Å². The van der Waals surface area contributed by atoms with E-state index in [0.717, 1.165) is 30.8 Å². The zero-order chi connectivity index (χ0) is 12.1. The van der Waals surface area contributed by atoms with Gasteiger partial charge in [-0.25, -0.2) is 0 Å². The summed E-state index contributed by atoms with van der Waals surface area (Å²) in [6.45, 7) is 7.27. The molecule has 0 saturated heterocycles. The molecule has 0 fully saturated rings. The van der Waals surface area contributed by atoms with E-state index in [1.54, 1.807) is 13.3 Å². The number of nitrogens with zero attached hydrogens (tertiary/aromatic N) is 2. The molecule has 0 saturated carbocycles. The summed E-state index contributed by atoms with van der Waals surface area (Å²) in [6, 6.07) is 0. The van der Waals surface area contributed by atoms with E-state index in [-0.39, 0.29) is 5.38 Å². The Bertz CT molecular complexity index is 323. The monoisotopic (exact) mass is 244 g/mol. The predicted octanol–water partition coefficient (Wildman–Crippen LogP) is 3.42. The highest BCUT2D eigenvalue weighted by atomic mass is 35.5. The molecule has 1 aromatic rings. The summed E-state index contributed by atoms with van der Waals surface area (Å²) >= 11 is 6.04. The van der Waals surface area contributed by atoms with Crippen molar-refractivity contribution >= 4 is 11.6 Å². The Hall–Kier alpha value is -0.700. The Morgan fingerprint density at radius 1 is 1.50 bits per heavy atom. The molecule has 0 aliphatic rings. The highest BCUT2D eigenvalue weighted by Crippen LogP contribution is 2.30. The summed E-state index contributed by atoms with van der Waals surface area (Å²) in [4.78, 5) is 0. The molecule has 0 aliphatic heterocycles. The molecular formula is C12H21ClN2O. The van der Waals surface area contributed by atoms with Crippen molar-refractivity contribution < 1.29 is 4.74 Å². The number of ether oxygens (including phenoxy) is 1. The number of aromatic nitrogens is 2. The van der Waals surface area contributed by atoms with E-state index in [4.69, 9.17) is 16.3 Å². The summed E-state index contributed by atoms with van der Waals surface area (Å²) in [6.07, 6.45) is 3.80. The fraction of sp³-hybridized carbons (Fsp3) is 0.750. The van der Waals surface area contributed by atoms with Crippen LogP contribution in [0.1, 0.15) is 45.2 Å². The van der Waals surface area contributed by atoms with Gasteiger partial charge in [-0.05, 0) is 19.8 Å². The molecule has 1 heterocycles. The molecule has 4 heteroatoms. The van der Waals surface area contributed by atoms with Crippen molar-refractivity contribution in [2.75, 3.05) is 7.11 Å². The third kappa shape index (κ3) is 3.14. The van der Waals surface area contributed by atoms with Gasteiger partial charge in [-0.1, -0.05) is 13.8 Å². The van der Waals surface area contributed by atoms with Gasteiger partial charge in [0.05, 0.1) is 19.0 Å². The lowest BCUT2D eigenvalue weighted by Crippen LogP contribution is -2.10. The topological polar surface area (TPSA) is 27.1 Å². The summed E-state index contributed by atoms with van der Waals surface area (Å²) < 4.78 is 7.38. The van der Waals surface area contributed by atoms with Crippen LogP contribution in [0.4, 0.5) is 0 Å². The van der Waals surface area contributed by atoms with Crippen molar-refractivity contribution in [2.45, 2.75) is 51.5 Å². The maximum Gasteiger partial charge on any atom is 0.160 e. The third-order valence-corrected chi connectivity index (χ3v) is 2.82. The van der Waals surface area contributed by atoms with E-state index in [1.165, 1.54) is 0 Å². The van der Waals surface area contributed by atoms with Gasteiger partial charge in [-0.2, -0.15) is 5.10 Å². The number of halogens is 1. The van der Waals surface area contributed by atoms with Crippen LogP contribution in [-0.2, 0) is 6.54 Å². The highest BCUT2D eigenvalue weighted by Gasteiger charge is 2.19. The first kappa shape index (κ1) is 13.4. The van der Waals surface area contributed by atoms with Crippen LogP contribution in [0.2, 0.25) is 0 Å². The van der Waals surface area contributed by atoms with Crippen LogP contribution in [0.3, 0.4) is 0 Å². The molecule has 2 unspecified atom stereocenters. The molecule has 0 aliphatic carbocycles. The zero-order valence-electron chi connectivity index (χ0n) is 10.5. The lowest BCUT2D eigenvalue weighted by atomic mass is 10.0. The van der Waals surface area contributed by atoms with Crippen molar-refractivity contribution in [3.05, 3.63) is 11.9 Å². The second-order valence-corrected chi connectivity index (χ2v) is 4.98. The fourth-order valence-corrected chi connectivity index (χ4v) is 2.29. The molecule has 0 amide bonds. The summed E-state index contributed by atoms with van der Waals surface area (Å²) in [5, 5.41) is 4.52. The van der Waals surface area contributed by atoms with Crippen molar-refractivity contribution in [1.29, 1.82) is 0 Å². The number of hydrogen-bond acceptors (Lipinski definition) is 2. The average molecular weight is 245 g/mol. The van der Waals surface area contributed by atoms with Crippen molar-refractivity contribution in [1.82, 2.24) is 9.78 Å². The van der Waals surface area contributed by atoms with E-state index in [1.807, 2.05) is 11.6 Å². The van der Waals surface area contributed by atoms with Crippen molar-refractivity contribution in [3.8, 4) is 5.75 Å². The Morgan fingerprint density at radius 3 is 2.69 bits per heavy atom. The van der Waals surface area contributed by atoms with E-state index >= 15 is 0 Å². The Morgan fingerprint density at radius 2 is 2.19 bits per heavy atom. The second-order valence-electron chi connectivity index (χ2n) is 4.24. The average Bonchev–Trinajstić information content (AvgIpc) is 2.60. The molecule has 2 atom stereocenters. The standard InChI is InChI=1S/C12H21ClN2O/c1-5-6-15-12(9(2)7-10(3)13)11(16-4)8-14-15/h8-10H,5-7H2,1-4H3. The molecular weight excluding hydrogens is 224 g/mol. The highest BCUT2D eigenvalue weighted by molar-refractivity contribution is 6.20. The van der Waals surface area contributed by atoms with Crippen LogP contribution in [0.5, 0.6) is 5.75 Å². The van der Waals surface area contributed by atoms with Gasteiger partial charge in [-0.15, -0.1) is 11.6 Å². The van der Waals surface area contributed by atoms with E-state index < -0.39 is 0 Å². The quantitative estimate of drug-likeness (QED) is 0.717. The van der Waals surface area contributed by atoms with E-state index in [9.17, 15) is 0 Å². The van der Waals surface area contributed by atoms with Gasteiger partial charge >= 0.3 is 0 Å². The minimum absolute atomic E-state index is 0.171. The zero-order valence-corrected chi connectivity index (χ0v) is 11.3. The van der Waals surface area contributed by atoms with Crippen LogP contribution >= 0.6 is 11.6 Å². The van der Waals surface area contributed by atoms with Gasteiger partial charge in [0.15, 0.2) is 5.75 Å². The molecule has 1 rings (SSSR count). The Balaban J connectivity index is 2.92. The van der Waals surface area contributed by atoms with Crippen molar-refractivity contribution in [3.63, 3.8) is 0 Å². The molecule has 1 aromatic heterocycles. The molecule has 92 valence electrons. The third-order valence-electron chi connectivity index (χ3n) is 2.65. The number of aryl methyl sites for hydroxylation is 1. The first-order valence-corrected chi connectivity index (χ1v) is 6.27. The summed E-state index contributed by atoms with van der Waals surface area (Å²) in [5.74, 6) is 1.25. The second kappa shape index (κ2) is 6.14. The van der Waals surface area contributed by atoms with Crippen LogP contribution < -0.4 is 4.74 Å². The summed E-state index contributed by atoms with van der Waals surface area (Å²) in [7, 11) is 1.69. The van der Waals surface area contributed by atoms with Gasteiger partial charge in [-0.3, -0.25) is 4.68 Å². The smallest absolute Gasteiger partial charge is 0.160 e. The Labute approximate surface area is 103 Å². The minimum atomic E-state index is 0.171. The molecule has 0 radical (unpaired) electrons. The lowest BCUT2D eigenvalue weighted by molar-refractivity contribution is 0.400. The van der Waals surface area contributed by atoms with Gasteiger partial charge < -0.3 is 4.74 Å². The first-order chi connectivity index (χ1) is 7.60. The predicted molar refractivity (Wildman–Crippen MR) is 67.4 cm³/mol. The molecule has 0 spiro atoms. The number of methoxy groups -OCH3 is 1. The van der Waals surface area contributed by atoms with Crippen molar-refractivity contribution in [2.24, 2.45) is 0 Å². The van der Waals surface area contributed by atoms with Crippen LogP contribution in [0, 0.1) is 0 Å². The van der Waals surface area contributed by atoms with Crippen LogP contribution in [-0.4, -0.2) is 22.3 Å². The molecule has 3 nitrogen and oxygen atoms in total. The van der Waals surface area contributed by atoms with Crippen LogP contribution in [0.15, 0.2) is 6.20 Å². The first-order valence-electron chi connectivity index (χ1n) is 5.83. The Kier molecular flexibility index (Phi) is 5.13. The SMILES string of the molecule is CCCn1ncc(OC)c1C(C)CC(C)Cl. The number of hydrogen-bond donors (Lipinski definition) is 0. The lowest BCUT2D eigenvalue weighted by Gasteiger charge is -2.16. The summed E-state index contributed by atoms with van der Waals surface area (Å²) in [5.41, 5.74) is 1.16. The fourth-order valence-electron chi connectivity index (χ4n) is 2.02. The largest absolute Gasteiger partial charge is 0.493 e. The number of rotatable bonds is 6. The van der Waals surface area contributed by atoms with E-state index in [0.29, 0.717) is 5.92 Å². The molecule has 0 N–H and O–H groups in total. The minimum Gasteiger partial charge on any atom is -0.493 e. The maximum absolute atomic E-state index is 6.04. The van der Waals surface area contributed by atoms with Gasteiger partial charge in [0, 0.05) is 17.8 Å². The van der Waals surface area contributed by atoms with E-state index in [2.05, 4.69) is 18.9 Å². The van der Waals surface area contributed by atoms with Crippen LogP contribution in [0.25, 0.3) is 0 Å². The van der Waals surface area contributed by atoms with Gasteiger partial charge in [0.25, 0.3) is 0 Å². The molecule has 16 heavy (non-hydrogen) atoms. The number of alkyl halides is 1. The van der Waals surface area contributed by atoms with Gasteiger partial charge in [0.2, 0.25) is 0 Å².